The monoisotopic (exact) mass is 313 g/mol. The highest BCUT2D eigenvalue weighted by atomic mass is 19.1. The van der Waals surface area contributed by atoms with E-state index in [1.165, 1.54) is 4.90 Å². The average molecular weight is 313 g/mol. The minimum atomic E-state index is -0.980. The van der Waals surface area contributed by atoms with Crippen molar-refractivity contribution in [3.05, 3.63) is 29.8 Å². The van der Waals surface area contributed by atoms with Crippen LogP contribution in [-0.4, -0.2) is 54.7 Å². The number of rotatable bonds is 4. The van der Waals surface area contributed by atoms with Crippen molar-refractivity contribution in [3.63, 3.8) is 0 Å². The summed E-state index contributed by atoms with van der Waals surface area (Å²) in [5.41, 5.74) is 0.186. The maximum absolute atomic E-state index is 13.7. The highest BCUT2D eigenvalue weighted by Crippen LogP contribution is 2.21. The lowest BCUT2D eigenvalue weighted by molar-refractivity contribution is -0.136. The number of nitrogens with zero attached hydrogens (tertiary/aromatic N) is 2. The Morgan fingerprint density at radius 1 is 1.18 bits per heavy atom. The topological polar surface area (TPSA) is 72.9 Å². The first kappa shape index (κ1) is 16.0. The first-order valence-corrected chi connectivity index (χ1v) is 6.92. The molecule has 1 saturated heterocycles. The number of benzene rings is 1. The van der Waals surface area contributed by atoms with Crippen LogP contribution < -0.4 is 10.2 Å². The van der Waals surface area contributed by atoms with E-state index < -0.39 is 17.6 Å². The number of carboxylic acid groups (broad SMARTS) is 1. The van der Waals surface area contributed by atoms with Gasteiger partial charge in [0.2, 0.25) is 0 Å². The van der Waals surface area contributed by atoms with Gasteiger partial charge in [-0.3, -0.25) is 4.79 Å². The molecule has 0 atom stereocenters. The molecule has 0 aromatic heterocycles. The van der Waals surface area contributed by atoms with Gasteiger partial charge in [-0.1, -0.05) is 0 Å². The quantitative estimate of drug-likeness (QED) is 0.878. The summed E-state index contributed by atoms with van der Waals surface area (Å²) in [6.45, 7) is 1.54. The van der Waals surface area contributed by atoms with Gasteiger partial charge in [0.25, 0.3) is 0 Å². The molecule has 120 valence electrons. The molecule has 2 amide bonds. The Morgan fingerprint density at radius 2 is 1.86 bits per heavy atom. The number of aliphatic carboxylic acids is 1. The van der Waals surface area contributed by atoms with Gasteiger partial charge >= 0.3 is 12.0 Å². The largest absolute Gasteiger partial charge is 0.481 e. The van der Waals surface area contributed by atoms with Crippen LogP contribution in [0.25, 0.3) is 0 Å². The van der Waals surface area contributed by atoms with Crippen LogP contribution in [0.5, 0.6) is 0 Å². The lowest BCUT2D eigenvalue weighted by Crippen LogP contribution is -2.52. The predicted octanol–water partition coefficient (Wildman–Crippen LogP) is 1.27. The van der Waals surface area contributed by atoms with Gasteiger partial charge in [-0.2, -0.15) is 0 Å². The SMILES string of the molecule is O=C(O)CCNC(=O)N1CCN(c2cc(F)ccc2F)CC1. The van der Waals surface area contributed by atoms with E-state index in [-0.39, 0.29) is 24.7 Å². The number of piperazine rings is 1. The van der Waals surface area contributed by atoms with E-state index in [0.29, 0.717) is 26.2 Å². The zero-order valence-electron chi connectivity index (χ0n) is 11.9. The van der Waals surface area contributed by atoms with Gasteiger partial charge < -0.3 is 20.2 Å². The smallest absolute Gasteiger partial charge is 0.317 e. The van der Waals surface area contributed by atoms with Crippen LogP contribution in [0, 0.1) is 11.6 Å². The molecule has 0 bridgehead atoms. The molecule has 1 heterocycles. The summed E-state index contributed by atoms with van der Waals surface area (Å²) in [6, 6.07) is 2.93. The Kier molecular flexibility index (Phi) is 5.13. The summed E-state index contributed by atoms with van der Waals surface area (Å²) in [6.07, 6.45) is -0.139. The molecule has 8 heteroatoms. The fourth-order valence-corrected chi connectivity index (χ4v) is 2.27. The molecule has 1 aliphatic rings. The second kappa shape index (κ2) is 7.06. The second-order valence-corrected chi connectivity index (χ2v) is 4.95. The number of carbonyl (C=O) groups excluding carboxylic acids is 1. The molecule has 0 saturated carbocycles. The third-order valence-corrected chi connectivity index (χ3v) is 3.43. The van der Waals surface area contributed by atoms with Crippen LogP contribution in [0.3, 0.4) is 0 Å². The normalized spacial score (nSPS) is 14.8. The first-order chi connectivity index (χ1) is 10.5. The van der Waals surface area contributed by atoms with Crippen molar-refractivity contribution < 1.29 is 23.5 Å². The maximum Gasteiger partial charge on any atom is 0.317 e. The van der Waals surface area contributed by atoms with Crippen LogP contribution in [-0.2, 0) is 4.79 Å². The zero-order chi connectivity index (χ0) is 16.1. The van der Waals surface area contributed by atoms with Crippen molar-refractivity contribution in [1.82, 2.24) is 10.2 Å². The van der Waals surface area contributed by atoms with E-state index in [1.807, 2.05) is 0 Å². The van der Waals surface area contributed by atoms with Gasteiger partial charge in [0.1, 0.15) is 11.6 Å². The van der Waals surface area contributed by atoms with Crippen molar-refractivity contribution in [2.24, 2.45) is 0 Å². The van der Waals surface area contributed by atoms with Crippen LogP contribution in [0.4, 0.5) is 19.3 Å². The summed E-state index contributed by atoms with van der Waals surface area (Å²) < 4.78 is 26.9. The fourth-order valence-electron chi connectivity index (χ4n) is 2.27. The molecule has 6 nitrogen and oxygen atoms in total. The number of carbonyl (C=O) groups is 2. The molecule has 2 N–H and O–H groups in total. The van der Waals surface area contributed by atoms with Crippen LogP contribution in [0.15, 0.2) is 18.2 Å². The van der Waals surface area contributed by atoms with Gasteiger partial charge in [0.15, 0.2) is 0 Å². The molecule has 1 fully saturated rings. The first-order valence-electron chi connectivity index (χ1n) is 6.92. The van der Waals surface area contributed by atoms with Crippen molar-refractivity contribution in [1.29, 1.82) is 0 Å². The number of halogens is 2. The summed E-state index contributed by atoms with van der Waals surface area (Å²) in [5, 5.41) is 11.0. The molecule has 1 aromatic rings. The number of urea groups is 1. The van der Waals surface area contributed by atoms with Crippen molar-refractivity contribution >= 4 is 17.7 Å². The molecule has 0 spiro atoms. The zero-order valence-corrected chi connectivity index (χ0v) is 11.9. The minimum Gasteiger partial charge on any atom is -0.481 e. The summed E-state index contributed by atoms with van der Waals surface area (Å²) in [7, 11) is 0. The molecule has 0 aliphatic carbocycles. The van der Waals surface area contributed by atoms with Gasteiger partial charge in [0.05, 0.1) is 12.1 Å². The lowest BCUT2D eigenvalue weighted by Gasteiger charge is -2.36. The van der Waals surface area contributed by atoms with E-state index in [1.54, 1.807) is 4.90 Å². The molecule has 0 unspecified atom stereocenters. The molecular weight excluding hydrogens is 296 g/mol. The van der Waals surface area contributed by atoms with E-state index in [0.717, 1.165) is 18.2 Å². The number of anilines is 1. The van der Waals surface area contributed by atoms with Gasteiger partial charge in [0, 0.05) is 38.8 Å². The van der Waals surface area contributed by atoms with E-state index in [4.69, 9.17) is 5.11 Å². The van der Waals surface area contributed by atoms with E-state index in [2.05, 4.69) is 5.32 Å². The molecule has 1 aromatic carbocycles. The minimum absolute atomic E-state index is 0.0624. The van der Waals surface area contributed by atoms with Crippen molar-refractivity contribution in [2.75, 3.05) is 37.6 Å². The number of hydrogen-bond acceptors (Lipinski definition) is 3. The second-order valence-electron chi connectivity index (χ2n) is 4.95. The van der Waals surface area contributed by atoms with Crippen LogP contribution in [0.1, 0.15) is 6.42 Å². The average Bonchev–Trinajstić information content (AvgIpc) is 2.49. The predicted molar refractivity (Wildman–Crippen MR) is 75.8 cm³/mol. The Hall–Kier alpha value is -2.38. The molecule has 2 rings (SSSR count). The van der Waals surface area contributed by atoms with E-state index >= 15 is 0 Å². The van der Waals surface area contributed by atoms with Crippen LogP contribution >= 0.6 is 0 Å². The lowest BCUT2D eigenvalue weighted by atomic mass is 10.2. The molecule has 1 aliphatic heterocycles. The Bertz CT molecular complexity index is 560. The number of hydrogen-bond donors (Lipinski definition) is 2. The van der Waals surface area contributed by atoms with Gasteiger partial charge in [-0.15, -0.1) is 0 Å². The van der Waals surface area contributed by atoms with Crippen LogP contribution in [0.2, 0.25) is 0 Å². The maximum atomic E-state index is 13.7. The van der Waals surface area contributed by atoms with Crippen molar-refractivity contribution in [3.8, 4) is 0 Å². The standard InChI is InChI=1S/C14H17F2N3O3/c15-10-1-2-11(16)12(9-10)18-5-7-19(8-6-18)14(22)17-4-3-13(20)21/h1-2,9H,3-8H2,(H,17,22)(H,20,21). The van der Waals surface area contributed by atoms with Crippen molar-refractivity contribution in [2.45, 2.75) is 6.42 Å². The fraction of sp³-hybridized carbons (Fsp3) is 0.429. The van der Waals surface area contributed by atoms with Gasteiger partial charge in [-0.05, 0) is 12.1 Å². The molecule has 22 heavy (non-hydrogen) atoms. The Labute approximate surface area is 126 Å². The number of nitrogens with one attached hydrogen (secondary N) is 1. The molecular formula is C14H17F2N3O3. The van der Waals surface area contributed by atoms with E-state index in [9.17, 15) is 18.4 Å². The Balaban J connectivity index is 1.86. The Morgan fingerprint density at radius 3 is 2.50 bits per heavy atom. The summed E-state index contributed by atoms with van der Waals surface area (Å²) in [5.74, 6) is -1.99. The van der Waals surface area contributed by atoms with Gasteiger partial charge in [-0.25, -0.2) is 13.6 Å². The highest BCUT2D eigenvalue weighted by Gasteiger charge is 2.23. The third kappa shape index (κ3) is 4.06. The number of amides is 2. The summed E-state index contributed by atoms with van der Waals surface area (Å²) >= 11 is 0. The summed E-state index contributed by atoms with van der Waals surface area (Å²) in [4.78, 5) is 25.4. The molecule has 0 radical (unpaired) electrons. The highest BCUT2D eigenvalue weighted by molar-refractivity contribution is 5.75. The third-order valence-electron chi connectivity index (χ3n) is 3.43. The number of carboxylic acids is 1.